The minimum atomic E-state index is -0.570. The van der Waals surface area contributed by atoms with Crippen molar-refractivity contribution in [2.45, 2.75) is 38.5 Å². The first-order chi connectivity index (χ1) is 15.0. The zero-order valence-corrected chi connectivity index (χ0v) is 17.5. The summed E-state index contributed by atoms with van der Waals surface area (Å²) in [6, 6.07) is 17.7. The number of nitrogens with zero attached hydrogens (tertiary/aromatic N) is 3. The van der Waals surface area contributed by atoms with Crippen molar-refractivity contribution in [2.75, 3.05) is 11.4 Å². The number of para-hydroxylation sites is 1. The van der Waals surface area contributed by atoms with Gasteiger partial charge < -0.3 is 19.9 Å². The van der Waals surface area contributed by atoms with Crippen LogP contribution in [0, 0.1) is 0 Å². The lowest BCUT2D eigenvalue weighted by atomic mass is 10.1. The van der Waals surface area contributed by atoms with E-state index in [1.165, 1.54) is 0 Å². The summed E-state index contributed by atoms with van der Waals surface area (Å²) in [5.74, 6) is -0.472. The maximum Gasteiger partial charge on any atom is 0.268 e. The van der Waals surface area contributed by atoms with Crippen molar-refractivity contribution in [3.8, 4) is 0 Å². The van der Waals surface area contributed by atoms with Crippen LogP contribution in [0.2, 0.25) is 0 Å². The molecular formula is C24H26N4O3. The van der Waals surface area contributed by atoms with Crippen molar-refractivity contribution in [3.63, 3.8) is 0 Å². The van der Waals surface area contributed by atoms with Gasteiger partial charge in [-0.1, -0.05) is 48.5 Å². The van der Waals surface area contributed by atoms with E-state index in [1.54, 1.807) is 12.5 Å². The Labute approximate surface area is 181 Å². The summed E-state index contributed by atoms with van der Waals surface area (Å²) in [5.41, 5.74) is 8.70. The number of fused-ring (bicyclic) bond motifs is 1. The Morgan fingerprint density at radius 1 is 1.16 bits per heavy atom. The second-order valence-corrected chi connectivity index (χ2v) is 7.78. The first kappa shape index (κ1) is 20.8. The van der Waals surface area contributed by atoms with E-state index in [2.05, 4.69) is 4.98 Å². The quantitative estimate of drug-likeness (QED) is 0.578. The number of hydrogen-bond acceptors (Lipinski definition) is 4. The number of ether oxygens (including phenoxy) is 1. The highest BCUT2D eigenvalue weighted by Crippen LogP contribution is 2.30. The third-order valence-electron chi connectivity index (χ3n) is 5.71. The summed E-state index contributed by atoms with van der Waals surface area (Å²) < 4.78 is 8.02. The molecule has 2 atom stereocenters. The number of primary amides is 1. The average Bonchev–Trinajstić information content (AvgIpc) is 3.38. The number of rotatable bonds is 9. The molecule has 1 aromatic heterocycles. The van der Waals surface area contributed by atoms with Gasteiger partial charge in [-0.2, -0.15) is 0 Å². The minimum Gasteiger partial charge on any atom is -0.372 e. The van der Waals surface area contributed by atoms with Crippen LogP contribution in [0.5, 0.6) is 0 Å². The summed E-state index contributed by atoms with van der Waals surface area (Å²) in [4.78, 5) is 30.0. The van der Waals surface area contributed by atoms with Gasteiger partial charge in [0.2, 0.25) is 5.91 Å². The second kappa shape index (κ2) is 9.14. The number of benzene rings is 2. The van der Waals surface area contributed by atoms with E-state index in [0.717, 1.165) is 16.8 Å². The van der Waals surface area contributed by atoms with Crippen LogP contribution >= 0.6 is 0 Å². The molecule has 1 aliphatic heterocycles. The molecule has 0 unspecified atom stereocenters. The fraction of sp³-hybridized carbons (Fsp3) is 0.292. The first-order valence-corrected chi connectivity index (χ1v) is 10.4. The van der Waals surface area contributed by atoms with Gasteiger partial charge in [0.15, 0.2) is 0 Å². The van der Waals surface area contributed by atoms with Gasteiger partial charge in [-0.05, 0) is 30.5 Å². The smallest absolute Gasteiger partial charge is 0.268 e. The van der Waals surface area contributed by atoms with Gasteiger partial charge in [0.1, 0.15) is 5.69 Å². The second-order valence-electron chi connectivity index (χ2n) is 7.78. The molecule has 7 heteroatoms. The third kappa shape index (κ3) is 4.67. The van der Waals surface area contributed by atoms with E-state index in [0.29, 0.717) is 26.0 Å². The van der Waals surface area contributed by atoms with Crippen molar-refractivity contribution >= 4 is 17.5 Å². The van der Waals surface area contributed by atoms with Gasteiger partial charge in [-0.15, -0.1) is 0 Å². The molecule has 1 aliphatic rings. The summed E-state index contributed by atoms with van der Waals surface area (Å²) in [5, 5.41) is 0. The van der Waals surface area contributed by atoms with Gasteiger partial charge >= 0.3 is 0 Å². The van der Waals surface area contributed by atoms with Gasteiger partial charge in [0.25, 0.3) is 5.91 Å². The number of nitrogens with two attached hydrogens (primary N) is 1. The van der Waals surface area contributed by atoms with E-state index < -0.39 is 5.91 Å². The fourth-order valence-corrected chi connectivity index (χ4v) is 4.01. The van der Waals surface area contributed by atoms with Crippen molar-refractivity contribution in [3.05, 3.63) is 83.9 Å². The molecule has 2 amide bonds. The Morgan fingerprint density at radius 2 is 1.90 bits per heavy atom. The zero-order chi connectivity index (χ0) is 21.8. The number of carbonyl (C=O) groups is 2. The molecule has 0 bridgehead atoms. The first-order valence-electron chi connectivity index (χ1n) is 10.4. The molecule has 0 aliphatic carbocycles. The molecule has 0 saturated heterocycles. The van der Waals surface area contributed by atoms with Crippen molar-refractivity contribution in [1.29, 1.82) is 0 Å². The molecule has 2 N–H and O–H groups in total. The average molecular weight is 418 g/mol. The molecule has 0 fully saturated rings. The zero-order valence-electron chi connectivity index (χ0n) is 17.5. The highest BCUT2D eigenvalue weighted by Gasteiger charge is 2.29. The van der Waals surface area contributed by atoms with Crippen LogP contribution in [0.15, 0.2) is 67.1 Å². The maximum atomic E-state index is 12.6. The topological polar surface area (TPSA) is 90.4 Å². The lowest BCUT2D eigenvalue weighted by Gasteiger charge is -2.28. The van der Waals surface area contributed by atoms with Gasteiger partial charge in [-0.25, -0.2) is 4.98 Å². The Hall–Kier alpha value is -3.45. The van der Waals surface area contributed by atoms with E-state index in [4.69, 9.17) is 10.5 Å². The standard InChI is InChI=1S/C24H26N4O3/c1-17(31-15-18-7-3-2-4-8-18)21(27-14-20(24(25)30)26-16-27)11-12-28-22-10-6-5-9-19(22)13-23(28)29/h2-10,14,16-17,21H,11-13,15H2,1H3,(H2,25,30)/t17-,21+/m0/s1. The minimum absolute atomic E-state index is 0.0984. The Bertz CT molecular complexity index is 1060. The predicted octanol–water partition coefficient (Wildman–Crippen LogP) is 3.11. The summed E-state index contributed by atoms with van der Waals surface area (Å²) in [6.07, 6.45) is 4.15. The maximum absolute atomic E-state index is 12.6. The lowest BCUT2D eigenvalue weighted by molar-refractivity contribution is -0.117. The normalized spacial score (nSPS) is 15.0. The number of amides is 2. The monoisotopic (exact) mass is 418 g/mol. The molecule has 3 aromatic rings. The molecule has 2 aromatic carbocycles. The van der Waals surface area contributed by atoms with Gasteiger partial charge in [-0.3, -0.25) is 9.59 Å². The molecule has 0 saturated carbocycles. The predicted molar refractivity (Wildman–Crippen MR) is 118 cm³/mol. The highest BCUT2D eigenvalue weighted by atomic mass is 16.5. The van der Waals surface area contributed by atoms with Crippen LogP contribution in [-0.2, 0) is 22.6 Å². The largest absolute Gasteiger partial charge is 0.372 e. The Balaban J connectivity index is 1.50. The molecule has 160 valence electrons. The highest BCUT2D eigenvalue weighted by molar-refractivity contribution is 6.01. The summed E-state index contributed by atoms with van der Waals surface area (Å²) >= 11 is 0. The molecule has 0 spiro atoms. The van der Waals surface area contributed by atoms with Crippen molar-refractivity contribution < 1.29 is 14.3 Å². The van der Waals surface area contributed by atoms with Crippen molar-refractivity contribution in [1.82, 2.24) is 9.55 Å². The van der Waals surface area contributed by atoms with E-state index in [1.807, 2.05) is 71.0 Å². The number of carbonyl (C=O) groups excluding carboxylic acids is 2. The van der Waals surface area contributed by atoms with Crippen LogP contribution < -0.4 is 10.6 Å². The number of aromatic nitrogens is 2. The Morgan fingerprint density at radius 3 is 2.65 bits per heavy atom. The fourth-order valence-electron chi connectivity index (χ4n) is 4.01. The number of imidazole rings is 1. The molecule has 7 nitrogen and oxygen atoms in total. The van der Waals surface area contributed by atoms with Gasteiger partial charge in [0.05, 0.1) is 31.5 Å². The summed E-state index contributed by atoms with van der Waals surface area (Å²) in [6.45, 7) is 3.02. The van der Waals surface area contributed by atoms with E-state index >= 15 is 0 Å². The molecule has 31 heavy (non-hydrogen) atoms. The number of anilines is 1. The van der Waals surface area contributed by atoms with E-state index in [9.17, 15) is 9.59 Å². The van der Waals surface area contributed by atoms with Crippen LogP contribution in [0.3, 0.4) is 0 Å². The van der Waals surface area contributed by atoms with Crippen LogP contribution in [0.25, 0.3) is 0 Å². The molecule has 4 rings (SSSR count). The molecule has 0 radical (unpaired) electrons. The summed E-state index contributed by atoms with van der Waals surface area (Å²) in [7, 11) is 0. The van der Waals surface area contributed by atoms with Crippen LogP contribution in [0.4, 0.5) is 5.69 Å². The number of hydrogen-bond donors (Lipinski definition) is 1. The lowest BCUT2D eigenvalue weighted by Crippen LogP contribution is -2.32. The molecule has 2 heterocycles. The molecular weight excluding hydrogens is 392 g/mol. The Kier molecular flexibility index (Phi) is 6.13. The van der Waals surface area contributed by atoms with Crippen molar-refractivity contribution in [2.24, 2.45) is 5.73 Å². The van der Waals surface area contributed by atoms with Gasteiger partial charge in [0, 0.05) is 18.4 Å². The van der Waals surface area contributed by atoms with Crippen LogP contribution in [0.1, 0.15) is 41.0 Å². The SMILES string of the molecule is C[C@H](OCc1ccccc1)[C@@H](CCN1C(=O)Cc2ccccc21)n1cnc(C(N)=O)c1. The van der Waals surface area contributed by atoms with E-state index in [-0.39, 0.29) is 23.7 Å². The van der Waals surface area contributed by atoms with Crippen LogP contribution in [-0.4, -0.2) is 34.0 Å². The third-order valence-corrected chi connectivity index (χ3v) is 5.71.